The summed E-state index contributed by atoms with van der Waals surface area (Å²) in [4.78, 5) is 1.29. The molecule has 2 aromatic rings. The molecule has 112 valence electrons. The van der Waals surface area contributed by atoms with Gasteiger partial charge in [-0.05, 0) is 48.6 Å². The van der Waals surface area contributed by atoms with Crippen LogP contribution in [0.5, 0.6) is 0 Å². The number of hydrogen-bond acceptors (Lipinski definition) is 2. The Morgan fingerprint density at radius 1 is 1.14 bits per heavy atom. The molecule has 0 radical (unpaired) electrons. The van der Waals surface area contributed by atoms with E-state index in [1.54, 1.807) is 0 Å². The number of rotatable bonds is 6. The second-order valence-corrected chi connectivity index (χ2v) is 7.24. The lowest BCUT2D eigenvalue weighted by Gasteiger charge is -2.12. The van der Waals surface area contributed by atoms with Crippen molar-refractivity contribution in [1.29, 1.82) is 0 Å². The molecule has 2 N–H and O–H groups in total. The molecule has 0 saturated heterocycles. The molecule has 0 heterocycles. The molecule has 2 rings (SSSR count). The van der Waals surface area contributed by atoms with Crippen molar-refractivity contribution in [2.45, 2.75) is 43.4 Å². The van der Waals surface area contributed by atoms with Crippen molar-refractivity contribution in [3.8, 4) is 0 Å². The highest BCUT2D eigenvalue weighted by Crippen LogP contribution is 2.29. The third-order valence-electron chi connectivity index (χ3n) is 3.69. The maximum atomic E-state index is 6.04. The van der Waals surface area contributed by atoms with E-state index >= 15 is 0 Å². The normalized spacial score (nSPS) is 12.4. The first-order valence-corrected chi connectivity index (χ1v) is 9.09. The molecule has 1 nitrogen and oxygen atoms in total. The van der Waals surface area contributed by atoms with E-state index in [1.165, 1.54) is 26.1 Å². The van der Waals surface area contributed by atoms with Gasteiger partial charge in [-0.1, -0.05) is 53.2 Å². The van der Waals surface area contributed by atoms with Gasteiger partial charge in [-0.3, -0.25) is 0 Å². The summed E-state index contributed by atoms with van der Waals surface area (Å²) in [5, 5.41) is 0. The fourth-order valence-electron chi connectivity index (χ4n) is 2.14. The van der Waals surface area contributed by atoms with Crippen molar-refractivity contribution in [1.82, 2.24) is 0 Å². The molecule has 0 aliphatic rings. The molecule has 1 atom stereocenters. The molecule has 0 fully saturated rings. The molecule has 0 aliphatic carbocycles. The van der Waals surface area contributed by atoms with Crippen LogP contribution >= 0.6 is 27.7 Å². The first-order valence-electron chi connectivity index (χ1n) is 7.31. The predicted molar refractivity (Wildman–Crippen MR) is 96.9 cm³/mol. The van der Waals surface area contributed by atoms with Crippen LogP contribution < -0.4 is 5.73 Å². The lowest BCUT2D eigenvalue weighted by molar-refractivity contribution is 0.645. The topological polar surface area (TPSA) is 26.0 Å². The molecule has 0 bridgehead atoms. The van der Waals surface area contributed by atoms with Gasteiger partial charge in [0.2, 0.25) is 0 Å². The summed E-state index contributed by atoms with van der Waals surface area (Å²) in [5.74, 6) is 1.01. The van der Waals surface area contributed by atoms with Crippen LogP contribution in [0.3, 0.4) is 0 Å². The van der Waals surface area contributed by atoms with Crippen LogP contribution in [-0.4, -0.2) is 6.04 Å². The Morgan fingerprint density at radius 3 is 2.57 bits per heavy atom. The summed E-state index contributed by atoms with van der Waals surface area (Å²) in [6.07, 6.45) is 1.94. The summed E-state index contributed by atoms with van der Waals surface area (Å²) in [6.45, 7) is 4.30. The SMILES string of the molecule is CCC(N)Cc1ccc(SCc2ccccc2C)cc1Br. The minimum atomic E-state index is 0.242. The zero-order valence-corrected chi connectivity index (χ0v) is 15.0. The number of halogens is 1. The highest BCUT2D eigenvalue weighted by Gasteiger charge is 2.07. The fourth-order valence-corrected chi connectivity index (χ4v) is 3.85. The van der Waals surface area contributed by atoms with Crippen LogP contribution in [0.2, 0.25) is 0 Å². The van der Waals surface area contributed by atoms with Crippen molar-refractivity contribution in [3.05, 3.63) is 63.6 Å². The van der Waals surface area contributed by atoms with Crippen LogP contribution in [-0.2, 0) is 12.2 Å². The highest BCUT2D eigenvalue weighted by molar-refractivity contribution is 9.10. The Hall–Kier alpha value is -0.770. The lowest BCUT2D eigenvalue weighted by atomic mass is 10.1. The average Bonchev–Trinajstić information content (AvgIpc) is 2.48. The van der Waals surface area contributed by atoms with Gasteiger partial charge < -0.3 is 5.73 Å². The van der Waals surface area contributed by atoms with Crippen LogP contribution in [0.15, 0.2) is 51.8 Å². The van der Waals surface area contributed by atoms with Gasteiger partial charge >= 0.3 is 0 Å². The second kappa shape index (κ2) is 8.02. The molecule has 2 aromatic carbocycles. The maximum absolute atomic E-state index is 6.04. The zero-order valence-electron chi connectivity index (χ0n) is 12.6. The second-order valence-electron chi connectivity index (χ2n) is 5.34. The Kier molecular flexibility index (Phi) is 6.34. The van der Waals surface area contributed by atoms with E-state index in [0.29, 0.717) is 0 Å². The van der Waals surface area contributed by atoms with Gasteiger partial charge in [-0.25, -0.2) is 0 Å². The highest BCUT2D eigenvalue weighted by atomic mass is 79.9. The van der Waals surface area contributed by atoms with Gasteiger partial charge in [0.25, 0.3) is 0 Å². The molecular formula is C18H22BrNS. The minimum absolute atomic E-state index is 0.242. The van der Waals surface area contributed by atoms with Gasteiger partial charge in [-0.15, -0.1) is 11.8 Å². The van der Waals surface area contributed by atoms with E-state index in [1.807, 2.05) is 11.8 Å². The fraction of sp³-hybridized carbons (Fsp3) is 0.333. The summed E-state index contributed by atoms with van der Waals surface area (Å²) < 4.78 is 1.17. The third-order valence-corrected chi connectivity index (χ3v) is 5.47. The summed E-state index contributed by atoms with van der Waals surface area (Å²) in [6, 6.07) is 15.4. The number of nitrogens with two attached hydrogens (primary N) is 1. The average molecular weight is 364 g/mol. The van der Waals surface area contributed by atoms with E-state index in [2.05, 4.69) is 72.2 Å². The molecule has 21 heavy (non-hydrogen) atoms. The summed E-state index contributed by atoms with van der Waals surface area (Å²) in [5.41, 5.74) is 10.1. The van der Waals surface area contributed by atoms with Crippen molar-refractivity contribution >= 4 is 27.7 Å². The van der Waals surface area contributed by atoms with Crippen LogP contribution in [0.25, 0.3) is 0 Å². The number of benzene rings is 2. The number of thioether (sulfide) groups is 1. The molecule has 0 spiro atoms. The third kappa shape index (κ3) is 4.87. The van der Waals surface area contributed by atoms with Crippen LogP contribution in [0.4, 0.5) is 0 Å². The van der Waals surface area contributed by atoms with Crippen LogP contribution in [0, 0.1) is 6.92 Å². The zero-order chi connectivity index (χ0) is 15.2. The van der Waals surface area contributed by atoms with Crippen molar-refractivity contribution in [2.75, 3.05) is 0 Å². The van der Waals surface area contributed by atoms with E-state index in [-0.39, 0.29) is 6.04 Å². The van der Waals surface area contributed by atoms with E-state index in [0.717, 1.165) is 18.6 Å². The van der Waals surface area contributed by atoms with Gasteiger partial charge in [0.1, 0.15) is 0 Å². The van der Waals surface area contributed by atoms with Crippen molar-refractivity contribution in [3.63, 3.8) is 0 Å². The Labute approximate surface area is 140 Å². The molecule has 3 heteroatoms. The van der Waals surface area contributed by atoms with Gasteiger partial charge in [-0.2, -0.15) is 0 Å². The van der Waals surface area contributed by atoms with Gasteiger partial charge in [0.05, 0.1) is 0 Å². The molecule has 0 aliphatic heterocycles. The largest absolute Gasteiger partial charge is 0.327 e. The first kappa shape index (κ1) is 16.6. The number of aryl methyl sites for hydroxylation is 1. The molecule has 0 amide bonds. The van der Waals surface area contributed by atoms with Gasteiger partial charge in [0.15, 0.2) is 0 Å². The molecular weight excluding hydrogens is 342 g/mol. The smallest absolute Gasteiger partial charge is 0.0234 e. The predicted octanol–water partition coefficient (Wildman–Crippen LogP) is 5.33. The molecule has 1 unspecified atom stereocenters. The summed E-state index contributed by atoms with van der Waals surface area (Å²) >= 11 is 5.55. The quantitative estimate of drug-likeness (QED) is 0.701. The van der Waals surface area contributed by atoms with Crippen molar-refractivity contribution < 1.29 is 0 Å². The first-order chi connectivity index (χ1) is 10.1. The number of hydrogen-bond donors (Lipinski definition) is 1. The maximum Gasteiger partial charge on any atom is 0.0234 e. The monoisotopic (exact) mass is 363 g/mol. The minimum Gasteiger partial charge on any atom is -0.327 e. The van der Waals surface area contributed by atoms with Crippen LogP contribution in [0.1, 0.15) is 30.0 Å². The Morgan fingerprint density at radius 2 is 1.90 bits per heavy atom. The van der Waals surface area contributed by atoms with Crippen molar-refractivity contribution in [2.24, 2.45) is 5.73 Å². The molecule has 0 aromatic heterocycles. The van der Waals surface area contributed by atoms with Gasteiger partial charge in [0, 0.05) is 21.2 Å². The Bertz CT molecular complexity index is 598. The summed E-state index contributed by atoms with van der Waals surface area (Å²) in [7, 11) is 0. The molecule has 0 saturated carbocycles. The van der Waals surface area contributed by atoms with E-state index < -0.39 is 0 Å². The van der Waals surface area contributed by atoms with E-state index in [4.69, 9.17) is 5.73 Å². The Balaban J connectivity index is 2.02. The lowest BCUT2D eigenvalue weighted by Crippen LogP contribution is -2.21. The standard InChI is InChI=1S/C18H22BrNS/c1-3-16(20)10-14-8-9-17(11-18(14)19)21-12-15-7-5-4-6-13(15)2/h4-9,11,16H,3,10,12,20H2,1-2H3. The van der Waals surface area contributed by atoms with E-state index in [9.17, 15) is 0 Å².